The van der Waals surface area contributed by atoms with Crippen LogP contribution in [0.4, 0.5) is 0 Å². The van der Waals surface area contributed by atoms with Crippen molar-refractivity contribution in [3.63, 3.8) is 0 Å². The van der Waals surface area contributed by atoms with Crippen LogP contribution < -0.4 is 9.86 Å². The molecule has 1 aromatic carbocycles. The van der Waals surface area contributed by atoms with Gasteiger partial charge >= 0.3 is 0 Å². The molecule has 22 heavy (non-hydrogen) atoms. The summed E-state index contributed by atoms with van der Waals surface area (Å²) >= 11 is 5.99. The third kappa shape index (κ3) is 4.90. The molecule has 3 N–H and O–H groups in total. The van der Waals surface area contributed by atoms with Crippen LogP contribution in [-0.2, 0) is 26.0 Å². The van der Waals surface area contributed by atoms with Crippen LogP contribution in [0, 0.1) is 0 Å². The van der Waals surface area contributed by atoms with Crippen LogP contribution in [-0.4, -0.2) is 40.3 Å². The number of nitrogens with two attached hydrogens (primary N) is 1. The standard InChI is InChI=1S/C12H18ClN3O4S2/c13-12-4-2-1-3-10(12)9-21(17,18)16-7-5-11(6-8-16)15-22(14,19)20/h1-4,11,15H,5-9H2,(H2,14,19,20). The molecule has 124 valence electrons. The molecule has 0 aliphatic carbocycles. The molecule has 0 atom stereocenters. The van der Waals surface area contributed by atoms with E-state index in [1.165, 1.54) is 4.31 Å². The molecular weight excluding hydrogens is 350 g/mol. The Morgan fingerprint density at radius 3 is 2.32 bits per heavy atom. The molecule has 1 aliphatic rings. The van der Waals surface area contributed by atoms with Crippen LogP contribution in [0.3, 0.4) is 0 Å². The summed E-state index contributed by atoms with van der Waals surface area (Å²) in [5.41, 5.74) is 0.550. The Kier molecular flexibility index (Phi) is 5.46. The number of nitrogens with zero attached hydrogens (tertiary/aromatic N) is 1. The van der Waals surface area contributed by atoms with E-state index in [2.05, 4.69) is 4.72 Å². The maximum absolute atomic E-state index is 12.4. The van der Waals surface area contributed by atoms with Gasteiger partial charge in [0.05, 0.1) is 5.75 Å². The fourth-order valence-corrected chi connectivity index (χ4v) is 4.96. The van der Waals surface area contributed by atoms with Crippen molar-refractivity contribution in [1.29, 1.82) is 0 Å². The van der Waals surface area contributed by atoms with Crippen LogP contribution in [0.25, 0.3) is 0 Å². The SMILES string of the molecule is NS(=O)(=O)NC1CCN(S(=O)(=O)Cc2ccccc2Cl)CC1. The lowest BCUT2D eigenvalue weighted by molar-refractivity contribution is 0.308. The first-order valence-corrected chi connectivity index (χ1v) is 10.2. The van der Waals surface area contributed by atoms with E-state index in [-0.39, 0.29) is 24.9 Å². The second kappa shape index (κ2) is 6.81. The average Bonchev–Trinajstić information content (AvgIpc) is 2.40. The topological polar surface area (TPSA) is 110 Å². The van der Waals surface area contributed by atoms with E-state index >= 15 is 0 Å². The lowest BCUT2D eigenvalue weighted by Gasteiger charge is -2.31. The summed E-state index contributed by atoms with van der Waals surface area (Å²) in [7, 11) is -7.25. The van der Waals surface area contributed by atoms with Crippen molar-refractivity contribution in [3.8, 4) is 0 Å². The minimum Gasteiger partial charge on any atom is -0.216 e. The third-order valence-electron chi connectivity index (χ3n) is 3.47. The second-order valence-corrected chi connectivity index (χ2v) is 8.89. The predicted molar refractivity (Wildman–Crippen MR) is 84.9 cm³/mol. The van der Waals surface area contributed by atoms with E-state index in [1.54, 1.807) is 24.3 Å². The second-order valence-electron chi connectivity index (χ2n) is 5.18. The summed E-state index contributed by atoms with van der Waals surface area (Å²) in [5.74, 6) is -0.167. The zero-order valence-electron chi connectivity index (χ0n) is 11.8. The lowest BCUT2D eigenvalue weighted by atomic mass is 10.1. The highest BCUT2D eigenvalue weighted by atomic mass is 35.5. The van der Waals surface area contributed by atoms with E-state index in [4.69, 9.17) is 16.7 Å². The zero-order valence-corrected chi connectivity index (χ0v) is 14.2. The first-order chi connectivity index (χ1) is 10.2. The van der Waals surface area contributed by atoms with E-state index in [0.29, 0.717) is 23.4 Å². The van der Waals surface area contributed by atoms with Gasteiger partial charge in [-0.05, 0) is 24.5 Å². The monoisotopic (exact) mass is 367 g/mol. The molecule has 0 bridgehead atoms. The van der Waals surface area contributed by atoms with Gasteiger partial charge in [0.25, 0.3) is 10.2 Å². The van der Waals surface area contributed by atoms with Crippen molar-refractivity contribution in [3.05, 3.63) is 34.9 Å². The van der Waals surface area contributed by atoms with E-state index in [0.717, 1.165) is 0 Å². The number of hydrogen-bond acceptors (Lipinski definition) is 4. The number of halogens is 1. The number of nitrogens with one attached hydrogen (secondary N) is 1. The highest BCUT2D eigenvalue weighted by Gasteiger charge is 2.29. The van der Waals surface area contributed by atoms with Crippen LogP contribution in [0.15, 0.2) is 24.3 Å². The maximum Gasteiger partial charge on any atom is 0.274 e. The Labute approximate surface area is 135 Å². The normalized spacial score (nSPS) is 18.5. The number of piperidine rings is 1. The molecular formula is C12H18ClN3O4S2. The minimum absolute atomic E-state index is 0.167. The first kappa shape index (κ1) is 17.6. The fourth-order valence-electron chi connectivity index (χ4n) is 2.39. The van der Waals surface area contributed by atoms with Gasteiger partial charge in [-0.3, -0.25) is 0 Å². The predicted octanol–water partition coefficient (Wildman–Crippen LogP) is 0.427. The molecule has 0 radical (unpaired) electrons. The molecule has 1 saturated heterocycles. The molecule has 1 heterocycles. The summed E-state index contributed by atoms with van der Waals surface area (Å²) in [6, 6.07) is 6.47. The molecule has 0 saturated carbocycles. The Bertz CT molecular complexity index is 728. The summed E-state index contributed by atoms with van der Waals surface area (Å²) < 4.78 is 50.4. The highest BCUT2D eigenvalue weighted by molar-refractivity contribution is 7.88. The smallest absolute Gasteiger partial charge is 0.216 e. The summed E-state index contributed by atoms with van der Waals surface area (Å²) in [4.78, 5) is 0. The molecule has 1 aromatic rings. The van der Waals surface area contributed by atoms with Crippen LogP contribution in [0.2, 0.25) is 5.02 Å². The van der Waals surface area contributed by atoms with Crippen molar-refractivity contribution in [2.75, 3.05) is 13.1 Å². The Morgan fingerprint density at radius 1 is 1.18 bits per heavy atom. The number of hydrogen-bond donors (Lipinski definition) is 2. The van der Waals surface area contributed by atoms with Crippen LogP contribution in [0.5, 0.6) is 0 Å². The Morgan fingerprint density at radius 2 is 1.77 bits per heavy atom. The van der Waals surface area contributed by atoms with Gasteiger partial charge in [-0.2, -0.15) is 13.1 Å². The first-order valence-electron chi connectivity index (χ1n) is 6.69. The fraction of sp³-hybridized carbons (Fsp3) is 0.500. The van der Waals surface area contributed by atoms with Gasteiger partial charge in [-0.25, -0.2) is 17.9 Å². The molecule has 0 unspecified atom stereocenters. The van der Waals surface area contributed by atoms with Crippen molar-refractivity contribution in [2.45, 2.75) is 24.6 Å². The van der Waals surface area contributed by atoms with Gasteiger partial charge in [0.2, 0.25) is 10.0 Å². The molecule has 0 aromatic heterocycles. The lowest BCUT2D eigenvalue weighted by Crippen LogP contribution is -2.48. The van der Waals surface area contributed by atoms with Crippen LogP contribution >= 0.6 is 11.6 Å². The average molecular weight is 368 g/mol. The maximum atomic E-state index is 12.4. The van der Waals surface area contributed by atoms with Gasteiger partial charge < -0.3 is 0 Å². The van der Waals surface area contributed by atoms with E-state index in [9.17, 15) is 16.8 Å². The van der Waals surface area contributed by atoms with Crippen molar-refractivity contribution < 1.29 is 16.8 Å². The van der Waals surface area contributed by atoms with Gasteiger partial charge in [-0.1, -0.05) is 29.8 Å². The van der Waals surface area contributed by atoms with Gasteiger partial charge in [0.1, 0.15) is 0 Å². The van der Waals surface area contributed by atoms with Crippen molar-refractivity contribution >= 4 is 31.8 Å². The Balaban J connectivity index is 1.99. The van der Waals surface area contributed by atoms with Gasteiger partial charge in [-0.15, -0.1) is 0 Å². The summed E-state index contributed by atoms with van der Waals surface area (Å²) in [6.45, 7) is 0.500. The molecule has 7 nitrogen and oxygen atoms in total. The van der Waals surface area contributed by atoms with E-state index in [1.807, 2.05) is 0 Å². The third-order valence-corrected chi connectivity index (χ3v) is 6.33. The summed E-state index contributed by atoms with van der Waals surface area (Å²) in [6.07, 6.45) is 0.774. The quantitative estimate of drug-likeness (QED) is 0.786. The zero-order chi connectivity index (χ0) is 16.4. The minimum atomic E-state index is -3.77. The molecule has 1 fully saturated rings. The largest absolute Gasteiger partial charge is 0.274 e. The van der Waals surface area contributed by atoms with Crippen molar-refractivity contribution in [1.82, 2.24) is 9.03 Å². The molecule has 1 aliphatic heterocycles. The Hall–Kier alpha value is -0.710. The number of sulfonamides is 1. The molecule has 0 spiro atoms. The molecule has 2 rings (SSSR count). The molecule has 0 amide bonds. The van der Waals surface area contributed by atoms with E-state index < -0.39 is 20.2 Å². The van der Waals surface area contributed by atoms with Gasteiger partial charge in [0.15, 0.2) is 0 Å². The highest BCUT2D eigenvalue weighted by Crippen LogP contribution is 2.22. The van der Waals surface area contributed by atoms with Gasteiger partial charge in [0, 0.05) is 24.2 Å². The molecule has 10 heteroatoms. The number of benzene rings is 1. The van der Waals surface area contributed by atoms with Crippen molar-refractivity contribution in [2.24, 2.45) is 5.14 Å². The number of rotatable bonds is 5. The van der Waals surface area contributed by atoms with Crippen LogP contribution in [0.1, 0.15) is 18.4 Å². The summed E-state index contributed by atoms with van der Waals surface area (Å²) in [5, 5.41) is 5.33.